The van der Waals surface area contributed by atoms with Crippen molar-refractivity contribution in [3.63, 3.8) is 0 Å². The topological polar surface area (TPSA) is 94.3 Å². The molecule has 0 aliphatic rings. The van der Waals surface area contributed by atoms with Gasteiger partial charge in [0.25, 0.3) is 11.6 Å². The summed E-state index contributed by atoms with van der Waals surface area (Å²) < 4.78 is 10.5. The van der Waals surface area contributed by atoms with Crippen LogP contribution in [0.3, 0.4) is 0 Å². The van der Waals surface area contributed by atoms with Gasteiger partial charge in [0.15, 0.2) is 6.61 Å². The first-order valence-corrected chi connectivity index (χ1v) is 10.3. The Morgan fingerprint density at radius 3 is 2.77 bits per heavy atom. The maximum Gasteiger partial charge on any atom is 0.339 e. The summed E-state index contributed by atoms with van der Waals surface area (Å²) in [5.41, 5.74) is 1.95. The predicted molar refractivity (Wildman–Crippen MR) is 115 cm³/mol. The number of halogens is 2. The van der Waals surface area contributed by atoms with Gasteiger partial charge in [-0.1, -0.05) is 34.4 Å². The Kier molecular flexibility index (Phi) is 5.72. The second-order valence-electron chi connectivity index (χ2n) is 6.23. The number of ether oxygens (including phenoxy) is 1. The lowest BCUT2D eigenvalue weighted by Crippen LogP contribution is -2.21. The lowest BCUT2D eigenvalue weighted by atomic mass is 10.1. The zero-order valence-electron chi connectivity index (χ0n) is 15.4. The average molecular weight is 462 g/mol. The molecule has 0 unspecified atom stereocenters. The molecule has 0 atom stereocenters. The molecule has 1 amide bonds. The molecule has 4 aromatic rings. The van der Waals surface area contributed by atoms with E-state index in [0.717, 1.165) is 4.88 Å². The highest BCUT2D eigenvalue weighted by Crippen LogP contribution is 2.30. The third kappa shape index (κ3) is 4.16. The quantitative estimate of drug-likeness (QED) is 0.401. The van der Waals surface area contributed by atoms with Gasteiger partial charge in [-0.3, -0.25) is 4.79 Å². The minimum Gasteiger partial charge on any atom is -0.452 e. The third-order valence-corrected chi connectivity index (χ3v) is 5.78. The van der Waals surface area contributed by atoms with E-state index < -0.39 is 18.5 Å². The second-order valence-corrected chi connectivity index (χ2v) is 8.00. The van der Waals surface area contributed by atoms with E-state index in [1.165, 1.54) is 17.4 Å². The van der Waals surface area contributed by atoms with E-state index in [-0.39, 0.29) is 11.3 Å². The molecule has 0 radical (unpaired) electrons. The first kappa shape index (κ1) is 20.3. The molecule has 4 rings (SSSR count). The molecule has 7 nitrogen and oxygen atoms in total. The van der Waals surface area contributed by atoms with Crippen molar-refractivity contribution >= 4 is 63.2 Å². The van der Waals surface area contributed by atoms with Crippen LogP contribution in [0.15, 0.2) is 46.3 Å². The highest BCUT2D eigenvalue weighted by Gasteiger charge is 2.21. The Bertz CT molecular complexity index is 1250. The average Bonchev–Trinajstić information content (AvgIpc) is 3.39. The van der Waals surface area contributed by atoms with Crippen molar-refractivity contribution < 1.29 is 18.8 Å². The van der Waals surface area contributed by atoms with Gasteiger partial charge < -0.3 is 14.6 Å². The highest BCUT2D eigenvalue weighted by atomic mass is 35.5. The number of thiophene rings is 1. The lowest BCUT2D eigenvalue weighted by Gasteiger charge is -2.08. The number of hydrogen-bond acceptors (Lipinski definition) is 7. The summed E-state index contributed by atoms with van der Waals surface area (Å²) in [6.07, 6.45) is 0. The van der Waals surface area contributed by atoms with Gasteiger partial charge in [-0.15, -0.1) is 11.3 Å². The molecule has 0 saturated heterocycles. The number of aryl methyl sites for hydroxylation is 1. The van der Waals surface area contributed by atoms with E-state index in [1.54, 1.807) is 25.1 Å². The van der Waals surface area contributed by atoms with Crippen LogP contribution in [0.1, 0.15) is 16.1 Å². The number of anilines is 1. The van der Waals surface area contributed by atoms with Gasteiger partial charge >= 0.3 is 5.97 Å². The smallest absolute Gasteiger partial charge is 0.339 e. The van der Waals surface area contributed by atoms with Crippen LogP contribution in [0, 0.1) is 6.92 Å². The van der Waals surface area contributed by atoms with E-state index in [4.69, 9.17) is 32.5 Å². The SMILES string of the molecule is Cc1noc2nc(-c3cccs3)cc(C(=O)OCC(=O)Nc3ccc(Cl)c(Cl)c3)c12. The molecule has 1 aromatic carbocycles. The number of nitrogens with zero attached hydrogens (tertiary/aromatic N) is 2. The summed E-state index contributed by atoms with van der Waals surface area (Å²) in [5, 5.41) is 9.50. The molecular weight excluding hydrogens is 449 g/mol. The van der Waals surface area contributed by atoms with Crippen LogP contribution < -0.4 is 5.32 Å². The molecule has 0 aliphatic heterocycles. The summed E-state index contributed by atoms with van der Waals surface area (Å²) in [5.74, 6) is -1.21. The van der Waals surface area contributed by atoms with Crippen LogP contribution in [0.4, 0.5) is 5.69 Å². The zero-order chi connectivity index (χ0) is 21.3. The molecule has 3 heterocycles. The van der Waals surface area contributed by atoms with Gasteiger partial charge in [0.2, 0.25) is 0 Å². The van der Waals surface area contributed by atoms with Crippen molar-refractivity contribution in [1.82, 2.24) is 10.1 Å². The van der Waals surface area contributed by atoms with Gasteiger partial charge in [0, 0.05) is 5.69 Å². The Labute approximate surface area is 184 Å². The normalized spacial score (nSPS) is 10.9. The molecule has 152 valence electrons. The Balaban J connectivity index is 1.53. The monoisotopic (exact) mass is 461 g/mol. The number of pyridine rings is 1. The molecule has 10 heteroatoms. The van der Waals surface area contributed by atoms with Crippen molar-refractivity contribution in [2.75, 3.05) is 11.9 Å². The standard InChI is InChI=1S/C20H13Cl2N3O4S/c1-10-18-12(8-15(16-3-2-6-30-16)24-19(18)29-25-10)20(27)28-9-17(26)23-11-4-5-13(21)14(22)7-11/h2-8H,9H2,1H3,(H,23,26). The number of nitrogens with one attached hydrogen (secondary N) is 1. The van der Waals surface area contributed by atoms with Gasteiger partial charge in [0.05, 0.1) is 37.3 Å². The first-order chi connectivity index (χ1) is 14.4. The van der Waals surface area contributed by atoms with Crippen LogP contribution in [0.2, 0.25) is 10.0 Å². The van der Waals surface area contributed by atoms with Crippen LogP contribution >= 0.6 is 34.5 Å². The number of benzene rings is 1. The summed E-state index contributed by atoms with van der Waals surface area (Å²) >= 11 is 13.3. The largest absolute Gasteiger partial charge is 0.452 e. The molecule has 0 aliphatic carbocycles. The predicted octanol–water partition coefficient (Wildman–Crippen LogP) is 5.36. The Morgan fingerprint density at radius 2 is 2.03 bits per heavy atom. The van der Waals surface area contributed by atoms with Crippen LogP contribution in [0.25, 0.3) is 21.7 Å². The van der Waals surface area contributed by atoms with E-state index in [2.05, 4.69) is 15.5 Å². The van der Waals surface area contributed by atoms with Gasteiger partial charge in [-0.05, 0) is 42.6 Å². The lowest BCUT2D eigenvalue weighted by molar-refractivity contribution is -0.119. The van der Waals surface area contributed by atoms with Gasteiger partial charge in [-0.2, -0.15) is 0 Å². The van der Waals surface area contributed by atoms with Gasteiger partial charge in [-0.25, -0.2) is 9.78 Å². The third-order valence-electron chi connectivity index (χ3n) is 4.15. The highest BCUT2D eigenvalue weighted by molar-refractivity contribution is 7.13. The summed E-state index contributed by atoms with van der Waals surface area (Å²) in [6.45, 7) is 1.22. The molecular formula is C20H13Cl2N3O4S. The number of esters is 1. The van der Waals surface area contributed by atoms with Crippen LogP contribution in [-0.4, -0.2) is 28.6 Å². The summed E-state index contributed by atoms with van der Waals surface area (Å²) in [4.78, 5) is 30.2. The summed E-state index contributed by atoms with van der Waals surface area (Å²) in [6, 6.07) is 10.0. The maximum absolute atomic E-state index is 12.8. The molecule has 0 bridgehead atoms. The minimum absolute atomic E-state index is 0.226. The fourth-order valence-corrected chi connectivity index (χ4v) is 3.77. The number of amides is 1. The van der Waals surface area contributed by atoms with Crippen molar-refractivity contribution in [2.24, 2.45) is 0 Å². The van der Waals surface area contributed by atoms with E-state index >= 15 is 0 Å². The first-order valence-electron chi connectivity index (χ1n) is 8.65. The Hall–Kier alpha value is -2.94. The van der Waals surface area contributed by atoms with Crippen LogP contribution in [0.5, 0.6) is 0 Å². The number of carbonyl (C=O) groups excluding carboxylic acids is 2. The molecule has 0 saturated carbocycles. The zero-order valence-corrected chi connectivity index (χ0v) is 17.8. The second kappa shape index (κ2) is 8.43. The molecule has 3 aromatic heterocycles. The van der Waals surface area contributed by atoms with Crippen LogP contribution in [-0.2, 0) is 9.53 Å². The molecule has 0 spiro atoms. The number of fused-ring (bicyclic) bond motifs is 1. The molecule has 0 fully saturated rings. The van der Waals surface area contributed by atoms with E-state index in [1.807, 2.05) is 17.5 Å². The fraction of sp³-hybridized carbons (Fsp3) is 0.100. The van der Waals surface area contributed by atoms with Crippen molar-refractivity contribution in [2.45, 2.75) is 6.92 Å². The van der Waals surface area contributed by atoms with E-state index in [0.29, 0.717) is 32.5 Å². The number of aromatic nitrogens is 2. The molecule has 30 heavy (non-hydrogen) atoms. The fourth-order valence-electron chi connectivity index (χ4n) is 2.79. The van der Waals surface area contributed by atoms with Gasteiger partial charge in [0.1, 0.15) is 0 Å². The molecule has 1 N–H and O–H groups in total. The number of carbonyl (C=O) groups is 2. The summed E-state index contributed by atoms with van der Waals surface area (Å²) in [7, 11) is 0. The minimum atomic E-state index is -0.684. The van der Waals surface area contributed by atoms with Crippen molar-refractivity contribution in [1.29, 1.82) is 0 Å². The van der Waals surface area contributed by atoms with E-state index in [9.17, 15) is 9.59 Å². The Morgan fingerprint density at radius 1 is 1.20 bits per heavy atom. The van der Waals surface area contributed by atoms with Crippen molar-refractivity contribution in [3.05, 3.63) is 63.1 Å². The number of hydrogen-bond donors (Lipinski definition) is 1. The number of rotatable bonds is 5. The van der Waals surface area contributed by atoms with Crippen molar-refractivity contribution in [3.8, 4) is 10.6 Å². The maximum atomic E-state index is 12.8.